The van der Waals surface area contributed by atoms with Crippen LogP contribution in [0.3, 0.4) is 0 Å². The maximum Gasteiger partial charge on any atom is 0.422 e. The van der Waals surface area contributed by atoms with Crippen LogP contribution in [0.2, 0.25) is 5.02 Å². The lowest BCUT2D eigenvalue weighted by Crippen LogP contribution is -2.47. The van der Waals surface area contributed by atoms with Crippen molar-refractivity contribution in [3.05, 3.63) is 111 Å². The molecule has 0 saturated carbocycles. The van der Waals surface area contributed by atoms with Crippen LogP contribution in [0.4, 0.5) is 17.6 Å². The predicted octanol–water partition coefficient (Wildman–Crippen LogP) is 6.01. The van der Waals surface area contributed by atoms with Gasteiger partial charge in [0.1, 0.15) is 5.82 Å². The van der Waals surface area contributed by atoms with Crippen molar-refractivity contribution < 1.29 is 32.6 Å². The Balaban J connectivity index is 1.84. The number of benzene rings is 2. The second-order valence-electron chi connectivity index (χ2n) is 8.26. The summed E-state index contributed by atoms with van der Waals surface area (Å²) in [6, 6.07) is 13.6. The largest absolute Gasteiger partial charge is 0.478 e. The highest BCUT2D eigenvalue weighted by Crippen LogP contribution is 2.50. The van der Waals surface area contributed by atoms with Gasteiger partial charge in [-0.25, -0.2) is 9.18 Å². The number of aromatic carboxylic acids is 1. The van der Waals surface area contributed by atoms with E-state index in [1.54, 1.807) is 0 Å². The van der Waals surface area contributed by atoms with E-state index in [1.165, 1.54) is 55.6 Å². The molecule has 5 nitrogen and oxygen atoms in total. The van der Waals surface area contributed by atoms with Crippen LogP contribution < -0.4 is 5.56 Å². The highest BCUT2D eigenvalue weighted by Gasteiger charge is 2.59. The molecule has 0 amide bonds. The lowest BCUT2D eigenvalue weighted by atomic mass is 9.77. The maximum absolute atomic E-state index is 14.5. The van der Waals surface area contributed by atoms with Crippen molar-refractivity contribution in [1.29, 1.82) is 0 Å². The van der Waals surface area contributed by atoms with E-state index >= 15 is 0 Å². The Morgan fingerprint density at radius 3 is 2.28 bits per heavy atom. The minimum atomic E-state index is -5.15. The van der Waals surface area contributed by atoms with Crippen LogP contribution >= 0.6 is 11.6 Å². The second kappa shape index (κ2) is 9.07. The zero-order valence-electron chi connectivity index (χ0n) is 18.6. The summed E-state index contributed by atoms with van der Waals surface area (Å²) in [5.41, 5.74) is -4.59. The van der Waals surface area contributed by atoms with Gasteiger partial charge in [-0.3, -0.25) is 9.20 Å². The van der Waals surface area contributed by atoms with Crippen molar-refractivity contribution in [2.45, 2.75) is 24.6 Å². The zero-order valence-corrected chi connectivity index (χ0v) is 19.3. The highest BCUT2D eigenvalue weighted by atomic mass is 35.5. The molecule has 4 aromatic rings. The number of alkyl halides is 3. The fourth-order valence-corrected chi connectivity index (χ4v) is 4.62. The molecule has 0 bridgehead atoms. The maximum atomic E-state index is 14.5. The Kier molecular flexibility index (Phi) is 6.40. The fraction of sp³-hybridized carbons (Fsp3) is 0.154. The van der Waals surface area contributed by atoms with E-state index in [0.29, 0.717) is 5.56 Å². The second-order valence-corrected chi connectivity index (χ2v) is 8.67. The Labute approximate surface area is 206 Å². The summed E-state index contributed by atoms with van der Waals surface area (Å²) in [6.45, 7) is 1.17. The van der Waals surface area contributed by atoms with Gasteiger partial charge in [-0.1, -0.05) is 42.8 Å². The third kappa shape index (κ3) is 4.14. The average molecular weight is 520 g/mol. The van der Waals surface area contributed by atoms with E-state index in [2.05, 4.69) is 0 Å². The van der Waals surface area contributed by atoms with Crippen molar-refractivity contribution in [1.82, 2.24) is 4.40 Å². The molecule has 0 aliphatic rings. The van der Waals surface area contributed by atoms with Crippen LogP contribution in [0.5, 0.6) is 0 Å². The standard InChI is InChI=1S/C26H18ClF4NO4/c1-14(17-7-5-15(12-20(17)27)16-6-8-18(24(34)35)21(28)13-16)25(36,26(29,30)31)19-9-10-23(33)32-11-3-2-4-22(19)32/h2-14,36H,1H3,(H,34,35). The van der Waals surface area contributed by atoms with Crippen LogP contribution in [0.1, 0.15) is 34.3 Å². The van der Waals surface area contributed by atoms with Gasteiger partial charge in [0.15, 0.2) is 5.60 Å². The quantitative estimate of drug-likeness (QED) is 0.316. The Hall–Kier alpha value is -3.69. The summed E-state index contributed by atoms with van der Waals surface area (Å²) in [6.07, 6.45) is -3.85. The number of pyridine rings is 2. The molecule has 2 unspecified atom stereocenters. The van der Waals surface area contributed by atoms with Crippen molar-refractivity contribution in [3.8, 4) is 11.1 Å². The van der Waals surface area contributed by atoms with Crippen LogP contribution in [0.15, 0.2) is 77.7 Å². The van der Waals surface area contributed by atoms with Gasteiger partial charge in [0.2, 0.25) is 0 Å². The molecule has 0 spiro atoms. The molecular weight excluding hydrogens is 502 g/mol. The van der Waals surface area contributed by atoms with Gasteiger partial charge in [0, 0.05) is 28.8 Å². The van der Waals surface area contributed by atoms with Crippen LogP contribution in [0, 0.1) is 5.82 Å². The molecule has 2 N–H and O–H groups in total. The molecule has 10 heteroatoms. The molecule has 36 heavy (non-hydrogen) atoms. The number of rotatable bonds is 5. The van der Waals surface area contributed by atoms with Crippen LogP contribution in [0.25, 0.3) is 16.6 Å². The monoisotopic (exact) mass is 519 g/mol. The Morgan fingerprint density at radius 2 is 1.67 bits per heavy atom. The Morgan fingerprint density at radius 1 is 1.00 bits per heavy atom. The topological polar surface area (TPSA) is 79.0 Å². The number of aromatic nitrogens is 1. The molecule has 2 atom stereocenters. The van der Waals surface area contributed by atoms with Crippen LogP contribution in [-0.4, -0.2) is 26.8 Å². The van der Waals surface area contributed by atoms with Gasteiger partial charge in [0.05, 0.1) is 11.1 Å². The fourth-order valence-electron chi connectivity index (χ4n) is 4.28. The average Bonchev–Trinajstić information content (AvgIpc) is 2.82. The molecule has 0 saturated heterocycles. The van der Waals surface area contributed by atoms with Gasteiger partial charge in [-0.15, -0.1) is 0 Å². The van der Waals surface area contributed by atoms with E-state index in [1.807, 2.05) is 0 Å². The minimum Gasteiger partial charge on any atom is -0.478 e. The highest BCUT2D eigenvalue weighted by molar-refractivity contribution is 6.31. The number of aliphatic hydroxyl groups is 1. The first-order valence-corrected chi connectivity index (χ1v) is 11.0. The third-order valence-electron chi connectivity index (χ3n) is 6.24. The molecule has 0 radical (unpaired) electrons. The normalized spacial score (nSPS) is 14.4. The lowest BCUT2D eigenvalue weighted by molar-refractivity contribution is -0.274. The van der Waals surface area contributed by atoms with Crippen molar-refractivity contribution in [2.75, 3.05) is 0 Å². The number of fused-ring (bicyclic) bond motifs is 1. The molecular formula is C26H18ClF4NO4. The molecule has 2 aromatic carbocycles. The number of nitrogens with zero attached hydrogens (tertiary/aromatic N) is 1. The number of carboxylic acid groups (broad SMARTS) is 1. The first kappa shape index (κ1) is 25.4. The molecule has 0 aliphatic heterocycles. The summed E-state index contributed by atoms with van der Waals surface area (Å²) in [7, 11) is 0. The molecule has 0 fully saturated rings. The molecule has 186 valence electrons. The van der Waals surface area contributed by atoms with Crippen molar-refractivity contribution in [2.24, 2.45) is 0 Å². The number of carboxylic acids is 1. The smallest absolute Gasteiger partial charge is 0.422 e. The number of hydrogen-bond acceptors (Lipinski definition) is 3. The van der Waals surface area contributed by atoms with Gasteiger partial charge >= 0.3 is 12.1 Å². The molecule has 4 rings (SSSR count). The van der Waals surface area contributed by atoms with Gasteiger partial charge in [-0.05, 0) is 53.1 Å². The first-order valence-electron chi connectivity index (χ1n) is 10.6. The van der Waals surface area contributed by atoms with E-state index in [9.17, 15) is 32.3 Å². The number of halogens is 5. The van der Waals surface area contributed by atoms with E-state index in [0.717, 1.165) is 28.7 Å². The summed E-state index contributed by atoms with van der Waals surface area (Å²) < 4.78 is 58.7. The minimum absolute atomic E-state index is 0.0387. The Bertz CT molecular complexity index is 1550. The van der Waals surface area contributed by atoms with Crippen molar-refractivity contribution in [3.63, 3.8) is 0 Å². The summed E-state index contributed by atoms with van der Waals surface area (Å²) in [5.74, 6) is -4.04. The van der Waals surface area contributed by atoms with E-state index in [-0.39, 0.29) is 21.7 Å². The number of carbonyl (C=O) groups is 1. The summed E-state index contributed by atoms with van der Waals surface area (Å²) >= 11 is 6.36. The SMILES string of the molecule is CC(c1ccc(-c2ccc(C(=O)O)c(F)c2)cc1Cl)C(O)(c1ccc(=O)n2ccccc12)C(F)(F)F. The molecule has 0 aliphatic carbocycles. The van der Waals surface area contributed by atoms with Gasteiger partial charge < -0.3 is 10.2 Å². The van der Waals surface area contributed by atoms with E-state index in [4.69, 9.17) is 16.7 Å². The van der Waals surface area contributed by atoms with E-state index < -0.39 is 46.2 Å². The van der Waals surface area contributed by atoms with Gasteiger partial charge in [0.25, 0.3) is 5.56 Å². The van der Waals surface area contributed by atoms with Crippen LogP contribution in [-0.2, 0) is 5.60 Å². The zero-order chi connectivity index (χ0) is 26.4. The predicted molar refractivity (Wildman–Crippen MR) is 126 cm³/mol. The third-order valence-corrected chi connectivity index (χ3v) is 6.56. The van der Waals surface area contributed by atoms with Crippen molar-refractivity contribution >= 4 is 23.1 Å². The summed E-state index contributed by atoms with van der Waals surface area (Å²) in [5, 5.41) is 20.1. The molecule has 2 heterocycles. The van der Waals surface area contributed by atoms with Gasteiger partial charge in [-0.2, -0.15) is 13.2 Å². The number of hydrogen-bond donors (Lipinski definition) is 2. The first-order chi connectivity index (χ1) is 16.9. The lowest BCUT2D eigenvalue weighted by Gasteiger charge is -2.37. The molecule has 2 aromatic heterocycles. The summed E-state index contributed by atoms with van der Waals surface area (Å²) in [4.78, 5) is 23.2.